The summed E-state index contributed by atoms with van der Waals surface area (Å²) in [6.45, 7) is 0. The van der Waals surface area contributed by atoms with Crippen LogP contribution in [-0.4, -0.2) is 16.6 Å². The van der Waals surface area contributed by atoms with Gasteiger partial charge < -0.3 is 4.98 Å². The van der Waals surface area contributed by atoms with Crippen LogP contribution in [0.2, 0.25) is 0 Å². The number of hydrogen-bond donors (Lipinski definition) is 1. The van der Waals surface area contributed by atoms with Gasteiger partial charge in [-0.15, -0.1) is 0 Å². The molecule has 1 aliphatic carbocycles. The maximum absolute atomic E-state index is 11.1. The first-order valence-electron chi connectivity index (χ1n) is 3.18. The van der Waals surface area contributed by atoms with Gasteiger partial charge in [-0.1, -0.05) is 11.3 Å². The average molecular weight is 181 g/mol. The van der Waals surface area contributed by atoms with Crippen LogP contribution in [0.15, 0.2) is 16.9 Å². The molecular weight excluding hydrogens is 178 g/mol. The molecule has 1 aliphatic rings. The fourth-order valence-electron chi connectivity index (χ4n) is 0.985. The van der Waals surface area contributed by atoms with Crippen molar-refractivity contribution in [3.05, 3.63) is 32.4 Å². The summed E-state index contributed by atoms with van der Waals surface area (Å²) in [5.41, 5.74) is 0.123. The first-order valence-corrected chi connectivity index (χ1v) is 4.00. The van der Waals surface area contributed by atoms with Crippen molar-refractivity contribution >= 4 is 22.9 Å². The van der Waals surface area contributed by atoms with Gasteiger partial charge in [-0.05, 0) is 12.2 Å². The molecule has 0 saturated heterocycles. The standard InChI is InChI=1S/C7H3NO3S/c9-3-1-2-4(10)6-5(3)8-7(11)12-6/h1-2H,(H,8,11). The highest BCUT2D eigenvalue weighted by Crippen LogP contribution is 2.16. The Morgan fingerprint density at radius 3 is 2.42 bits per heavy atom. The molecule has 0 aliphatic heterocycles. The molecule has 0 amide bonds. The second-order valence-corrected chi connectivity index (χ2v) is 3.26. The van der Waals surface area contributed by atoms with E-state index in [0.29, 0.717) is 0 Å². The number of carbonyl (C=O) groups excluding carboxylic acids is 2. The number of rotatable bonds is 0. The van der Waals surface area contributed by atoms with E-state index >= 15 is 0 Å². The van der Waals surface area contributed by atoms with Crippen LogP contribution >= 0.6 is 11.3 Å². The van der Waals surface area contributed by atoms with Crippen molar-refractivity contribution in [3.8, 4) is 0 Å². The van der Waals surface area contributed by atoms with Crippen molar-refractivity contribution in [2.75, 3.05) is 0 Å². The number of carbonyl (C=O) groups is 2. The number of H-pyrrole nitrogens is 1. The Balaban J connectivity index is 2.76. The summed E-state index contributed by atoms with van der Waals surface area (Å²) in [6, 6.07) is 0. The fourth-order valence-corrected chi connectivity index (χ4v) is 1.75. The first-order chi connectivity index (χ1) is 5.68. The Bertz CT molecular complexity index is 413. The zero-order valence-corrected chi connectivity index (χ0v) is 6.60. The molecule has 1 aromatic rings. The third-order valence-electron chi connectivity index (χ3n) is 1.51. The number of hydrogen-bond acceptors (Lipinski definition) is 4. The summed E-state index contributed by atoms with van der Waals surface area (Å²) in [5, 5.41) is 0. The lowest BCUT2D eigenvalue weighted by Gasteiger charge is -1.98. The lowest BCUT2D eigenvalue weighted by Crippen LogP contribution is -2.09. The Labute approximate surface area is 70.5 Å². The van der Waals surface area contributed by atoms with Crippen LogP contribution < -0.4 is 4.87 Å². The van der Waals surface area contributed by atoms with Crippen molar-refractivity contribution < 1.29 is 9.59 Å². The second-order valence-electron chi connectivity index (χ2n) is 2.28. The summed E-state index contributed by atoms with van der Waals surface area (Å²) in [4.78, 5) is 35.0. The van der Waals surface area contributed by atoms with Crippen LogP contribution in [0.25, 0.3) is 0 Å². The highest BCUT2D eigenvalue weighted by molar-refractivity contribution is 7.12. The van der Waals surface area contributed by atoms with Gasteiger partial charge >= 0.3 is 4.87 Å². The summed E-state index contributed by atoms with van der Waals surface area (Å²) >= 11 is 0.769. The number of allylic oxidation sites excluding steroid dienone is 2. The summed E-state index contributed by atoms with van der Waals surface area (Å²) in [7, 11) is 0. The largest absolute Gasteiger partial charge is 0.309 e. The SMILES string of the molecule is O=C1C=CC(=O)c2sc(=O)[nH]c21. The Morgan fingerprint density at radius 1 is 1.08 bits per heavy atom. The van der Waals surface area contributed by atoms with Crippen LogP contribution in [0.5, 0.6) is 0 Å². The van der Waals surface area contributed by atoms with Crippen molar-refractivity contribution in [3.63, 3.8) is 0 Å². The molecule has 0 aromatic carbocycles. The summed E-state index contributed by atoms with van der Waals surface area (Å²) in [6.07, 6.45) is 2.34. The molecule has 1 aromatic heterocycles. The molecule has 0 atom stereocenters. The number of fused-ring (bicyclic) bond motifs is 1. The minimum absolute atomic E-state index is 0.123. The lowest BCUT2D eigenvalue weighted by molar-refractivity contribution is 0.0994. The van der Waals surface area contributed by atoms with E-state index in [1.54, 1.807) is 0 Å². The Morgan fingerprint density at radius 2 is 1.75 bits per heavy atom. The molecule has 0 fully saturated rings. The third kappa shape index (κ3) is 0.868. The zero-order valence-electron chi connectivity index (χ0n) is 5.79. The summed E-state index contributed by atoms with van der Waals surface area (Å²) in [5.74, 6) is -0.601. The molecule has 1 N–H and O–H groups in total. The van der Waals surface area contributed by atoms with E-state index in [9.17, 15) is 14.4 Å². The number of thiazole rings is 1. The Hall–Kier alpha value is -1.49. The number of aromatic nitrogens is 1. The van der Waals surface area contributed by atoms with Gasteiger partial charge in [0.1, 0.15) is 10.6 Å². The molecule has 5 heteroatoms. The van der Waals surface area contributed by atoms with Crippen LogP contribution in [0.4, 0.5) is 0 Å². The topological polar surface area (TPSA) is 67.0 Å². The predicted molar refractivity (Wildman–Crippen MR) is 42.7 cm³/mol. The van der Waals surface area contributed by atoms with Gasteiger partial charge in [0.25, 0.3) is 0 Å². The van der Waals surface area contributed by atoms with Crippen LogP contribution in [0.3, 0.4) is 0 Å². The van der Waals surface area contributed by atoms with Gasteiger partial charge in [-0.25, -0.2) is 0 Å². The monoisotopic (exact) mass is 181 g/mol. The molecule has 0 spiro atoms. The van der Waals surface area contributed by atoms with Gasteiger partial charge in [0.2, 0.25) is 5.78 Å². The highest BCUT2D eigenvalue weighted by Gasteiger charge is 2.22. The van der Waals surface area contributed by atoms with Crippen molar-refractivity contribution in [1.29, 1.82) is 0 Å². The minimum atomic E-state index is -0.370. The lowest BCUT2D eigenvalue weighted by atomic mass is 10.1. The molecule has 60 valence electrons. The Kier molecular flexibility index (Phi) is 1.34. The van der Waals surface area contributed by atoms with E-state index in [2.05, 4.69) is 4.98 Å². The van der Waals surface area contributed by atoms with Gasteiger partial charge in [-0.3, -0.25) is 14.4 Å². The van der Waals surface area contributed by atoms with Crippen molar-refractivity contribution in [2.24, 2.45) is 0 Å². The van der Waals surface area contributed by atoms with E-state index in [1.165, 1.54) is 6.08 Å². The average Bonchev–Trinajstić information content (AvgIpc) is 2.41. The fraction of sp³-hybridized carbons (Fsp3) is 0. The number of nitrogens with one attached hydrogen (secondary N) is 1. The van der Waals surface area contributed by atoms with E-state index in [-0.39, 0.29) is 27.0 Å². The maximum atomic E-state index is 11.1. The first kappa shape index (κ1) is 7.17. The minimum Gasteiger partial charge on any atom is -0.309 e. The molecule has 0 bridgehead atoms. The maximum Gasteiger partial charge on any atom is 0.305 e. The smallest absolute Gasteiger partial charge is 0.305 e. The predicted octanol–water partition coefficient (Wildman–Crippen LogP) is 0.372. The van der Waals surface area contributed by atoms with Crippen LogP contribution in [-0.2, 0) is 0 Å². The van der Waals surface area contributed by atoms with E-state index in [1.807, 2.05) is 0 Å². The quantitative estimate of drug-likeness (QED) is 0.628. The summed E-state index contributed by atoms with van der Waals surface area (Å²) < 4.78 is 0. The normalized spacial score (nSPS) is 15.0. The molecule has 12 heavy (non-hydrogen) atoms. The van der Waals surface area contributed by atoms with Gasteiger partial charge in [0, 0.05) is 0 Å². The van der Waals surface area contributed by atoms with Crippen LogP contribution in [0.1, 0.15) is 20.2 Å². The molecule has 0 unspecified atom stereocenters. The number of ketones is 2. The second kappa shape index (κ2) is 2.25. The van der Waals surface area contributed by atoms with Gasteiger partial charge in [0.05, 0.1) is 0 Å². The molecule has 2 rings (SSSR count). The molecule has 0 radical (unpaired) electrons. The highest BCUT2D eigenvalue weighted by atomic mass is 32.1. The molecular formula is C7H3NO3S. The van der Waals surface area contributed by atoms with Crippen molar-refractivity contribution in [2.45, 2.75) is 0 Å². The van der Waals surface area contributed by atoms with E-state index < -0.39 is 0 Å². The third-order valence-corrected chi connectivity index (χ3v) is 2.40. The molecule has 0 saturated carbocycles. The van der Waals surface area contributed by atoms with Gasteiger partial charge in [0.15, 0.2) is 5.78 Å². The van der Waals surface area contributed by atoms with Gasteiger partial charge in [-0.2, -0.15) is 0 Å². The van der Waals surface area contributed by atoms with Crippen molar-refractivity contribution in [1.82, 2.24) is 4.98 Å². The molecule has 4 nitrogen and oxygen atoms in total. The number of aromatic amines is 1. The van der Waals surface area contributed by atoms with E-state index in [0.717, 1.165) is 17.4 Å². The molecule has 1 heterocycles. The van der Waals surface area contributed by atoms with E-state index in [4.69, 9.17) is 0 Å². The zero-order chi connectivity index (χ0) is 8.72. The van der Waals surface area contributed by atoms with Crippen LogP contribution in [0, 0.1) is 0 Å².